The van der Waals surface area contributed by atoms with E-state index < -0.39 is 11.9 Å². The van der Waals surface area contributed by atoms with Crippen molar-refractivity contribution >= 4 is 23.5 Å². The smallest absolute Gasteiger partial charge is 0.254 e. The molecule has 17 heavy (non-hydrogen) atoms. The summed E-state index contributed by atoms with van der Waals surface area (Å²) in [5, 5.41) is 5.55. The maximum Gasteiger partial charge on any atom is 0.254 e. The van der Waals surface area contributed by atoms with Crippen LogP contribution in [0, 0.1) is 5.82 Å². The molecule has 0 saturated carbocycles. The van der Waals surface area contributed by atoms with Gasteiger partial charge in [-0.1, -0.05) is 17.7 Å². The van der Waals surface area contributed by atoms with Gasteiger partial charge in [0, 0.05) is 17.1 Å². The van der Waals surface area contributed by atoms with Crippen LogP contribution in [0.5, 0.6) is 0 Å². The quantitative estimate of drug-likeness (QED) is 0.844. The SMILES string of the molecule is CCN=C1NC(=O)C(c2c(F)cccc2Cl)N1. The second kappa shape index (κ2) is 4.71. The van der Waals surface area contributed by atoms with Crippen molar-refractivity contribution in [1.82, 2.24) is 10.6 Å². The van der Waals surface area contributed by atoms with Gasteiger partial charge in [0.1, 0.15) is 11.9 Å². The van der Waals surface area contributed by atoms with Crippen LogP contribution in [0.3, 0.4) is 0 Å². The van der Waals surface area contributed by atoms with Gasteiger partial charge >= 0.3 is 0 Å². The summed E-state index contributed by atoms with van der Waals surface area (Å²) in [6.45, 7) is 2.37. The Kier molecular flexibility index (Phi) is 3.28. The number of benzene rings is 1. The van der Waals surface area contributed by atoms with E-state index in [4.69, 9.17) is 11.6 Å². The molecule has 0 spiro atoms. The van der Waals surface area contributed by atoms with Crippen LogP contribution in [0.15, 0.2) is 23.2 Å². The van der Waals surface area contributed by atoms with Gasteiger partial charge in [0.15, 0.2) is 5.96 Å². The Balaban J connectivity index is 2.36. The summed E-state index contributed by atoms with van der Waals surface area (Å²) in [7, 11) is 0. The first-order valence-electron chi connectivity index (χ1n) is 5.19. The molecule has 1 aromatic carbocycles. The number of guanidine groups is 1. The highest BCUT2D eigenvalue weighted by Crippen LogP contribution is 2.27. The molecule has 0 aliphatic carbocycles. The van der Waals surface area contributed by atoms with E-state index in [2.05, 4.69) is 15.6 Å². The molecule has 1 fully saturated rings. The van der Waals surface area contributed by atoms with Crippen LogP contribution in [-0.2, 0) is 4.79 Å². The van der Waals surface area contributed by atoms with E-state index in [0.717, 1.165) is 0 Å². The van der Waals surface area contributed by atoms with E-state index in [1.807, 2.05) is 6.92 Å². The van der Waals surface area contributed by atoms with Gasteiger partial charge in [0.2, 0.25) is 0 Å². The molecule has 1 aliphatic heterocycles. The first kappa shape index (κ1) is 11.9. The second-order valence-corrected chi connectivity index (χ2v) is 3.93. The van der Waals surface area contributed by atoms with Crippen molar-refractivity contribution in [2.45, 2.75) is 13.0 Å². The van der Waals surface area contributed by atoms with Gasteiger partial charge in [-0.15, -0.1) is 0 Å². The van der Waals surface area contributed by atoms with Crippen molar-refractivity contribution in [1.29, 1.82) is 0 Å². The van der Waals surface area contributed by atoms with Crippen LogP contribution >= 0.6 is 11.6 Å². The predicted octanol–water partition coefficient (Wildman–Crippen LogP) is 1.62. The zero-order valence-corrected chi connectivity index (χ0v) is 9.88. The average molecular weight is 256 g/mol. The number of hydrogen-bond acceptors (Lipinski definition) is 2. The number of aliphatic imine (C=N–C) groups is 1. The molecule has 90 valence electrons. The average Bonchev–Trinajstić information content (AvgIpc) is 2.60. The van der Waals surface area contributed by atoms with Crippen LogP contribution in [-0.4, -0.2) is 18.4 Å². The van der Waals surface area contributed by atoms with E-state index in [9.17, 15) is 9.18 Å². The lowest BCUT2D eigenvalue weighted by Gasteiger charge is -2.10. The molecular formula is C11H11ClFN3O. The molecule has 0 radical (unpaired) electrons. The molecule has 1 unspecified atom stereocenters. The van der Waals surface area contributed by atoms with Crippen molar-refractivity contribution in [3.63, 3.8) is 0 Å². The lowest BCUT2D eigenvalue weighted by atomic mass is 10.1. The highest BCUT2D eigenvalue weighted by molar-refractivity contribution is 6.31. The number of hydrogen-bond donors (Lipinski definition) is 2. The molecule has 6 heteroatoms. The molecule has 1 amide bonds. The summed E-state index contributed by atoms with van der Waals surface area (Å²) in [5.41, 5.74) is 0.146. The number of halogens is 2. The molecule has 1 aliphatic rings. The third kappa shape index (κ3) is 2.24. The van der Waals surface area contributed by atoms with E-state index in [0.29, 0.717) is 12.5 Å². The molecule has 0 bridgehead atoms. The summed E-state index contributed by atoms with van der Waals surface area (Å²) >= 11 is 5.90. The van der Waals surface area contributed by atoms with E-state index >= 15 is 0 Å². The summed E-state index contributed by atoms with van der Waals surface area (Å²) in [5.74, 6) is -0.520. The lowest BCUT2D eigenvalue weighted by Crippen LogP contribution is -2.25. The molecule has 2 N–H and O–H groups in total. The molecule has 4 nitrogen and oxygen atoms in total. The van der Waals surface area contributed by atoms with Crippen LogP contribution in [0.25, 0.3) is 0 Å². The molecular weight excluding hydrogens is 245 g/mol. The van der Waals surface area contributed by atoms with Crippen molar-refractivity contribution < 1.29 is 9.18 Å². The van der Waals surface area contributed by atoms with Gasteiger partial charge in [0.05, 0.1) is 0 Å². The van der Waals surface area contributed by atoms with Crippen LogP contribution in [0.4, 0.5) is 4.39 Å². The lowest BCUT2D eigenvalue weighted by molar-refractivity contribution is -0.120. The Morgan fingerprint density at radius 2 is 2.29 bits per heavy atom. The van der Waals surface area contributed by atoms with Gasteiger partial charge in [0.25, 0.3) is 5.91 Å². The molecule has 1 atom stereocenters. The number of amides is 1. The topological polar surface area (TPSA) is 53.5 Å². The van der Waals surface area contributed by atoms with Crippen molar-refractivity contribution in [3.05, 3.63) is 34.6 Å². The Hall–Kier alpha value is -1.62. The monoisotopic (exact) mass is 255 g/mol. The summed E-state index contributed by atoms with van der Waals surface area (Å²) < 4.78 is 13.6. The van der Waals surface area contributed by atoms with Gasteiger partial charge in [-0.25, -0.2) is 4.39 Å². The minimum absolute atomic E-state index is 0.146. The zero-order chi connectivity index (χ0) is 12.4. The van der Waals surface area contributed by atoms with E-state index in [1.165, 1.54) is 12.1 Å². The van der Waals surface area contributed by atoms with Crippen LogP contribution in [0.1, 0.15) is 18.5 Å². The fourth-order valence-electron chi connectivity index (χ4n) is 1.66. The van der Waals surface area contributed by atoms with Crippen molar-refractivity contribution in [3.8, 4) is 0 Å². The van der Waals surface area contributed by atoms with Gasteiger partial charge < -0.3 is 5.32 Å². The van der Waals surface area contributed by atoms with Gasteiger partial charge in [-0.2, -0.15) is 0 Å². The highest BCUT2D eigenvalue weighted by atomic mass is 35.5. The molecule has 0 aromatic heterocycles. The molecule has 1 aromatic rings. The number of rotatable bonds is 2. The first-order chi connectivity index (χ1) is 8.13. The minimum Gasteiger partial charge on any atom is -0.340 e. The predicted molar refractivity (Wildman–Crippen MR) is 63.4 cm³/mol. The third-order valence-corrected chi connectivity index (χ3v) is 2.72. The fraction of sp³-hybridized carbons (Fsp3) is 0.273. The normalized spacial score (nSPS) is 21.5. The Labute approximate surface area is 103 Å². The van der Waals surface area contributed by atoms with Crippen molar-refractivity contribution in [2.75, 3.05) is 6.54 Å². The molecule has 1 heterocycles. The second-order valence-electron chi connectivity index (χ2n) is 3.52. The minimum atomic E-state index is -0.825. The van der Waals surface area contributed by atoms with Crippen LogP contribution in [0.2, 0.25) is 5.02 Å². The number of nitrogens with zero attached hydrogens (tertiary/aromatic N) is 1. The largest absolute Gasteiger partial charge is 0.340 e. The van der Waals surface area contributed by atoms with E-state index in [-0.39, 0.29) is 16.5 Å². The van der Waals surface area contributed by atoms with E-state index in [1.54, 1.807) is 6.07 Å². The van der Waals surface area contributed by atoms with Gasteiger partial charge in [-0.05, 0) is 19.1 Å². The summed E-state index contributed by atoms with van der Waals surface area (Å²) in [4.78, 5) is 15.7. The Morgan fingerprint density at radius 1 is 1.53 bits per heavy atom. The number of nitrogens with one attached hydrogen (secondary N) is 2. The maximum atomic E-state index is 13.6. The highest BCUT2D eigenvalue weighted by Gasteiger charge is 2.33. The zero-order valence-electron chi connectivity index (χ0n) is 9.13. The standard InChI is InChI=1S/C11H11ClFN3O/c1-2-14-11-15-9(10(17)16-11)8-6(12)4-3-5-7(8)13/h3-5,9H,2H2,1H3,(H2,14,15,16,17). The van der Waals surface area contributed by atoms with Gasteiger partial charge in [-0.3, -0.25) is 15.1 Å². The molecule has 2 rings (SSSR count). The maximum absolute atomic E-state index is 13.6. The summed E-state index contributed by atoms with van der Waals surface area (Å²) in [6.07, 6.45) is 0. The summed E-state index contributed by atoms with van der Waals surface area (Å²) in [6, 6.07) is 3.48. The Morgan fingerprint density at radius 3 is 2.94 bits per heavy atom. The molecule has 1 saturated heterocycles. The van der Waals surface area contributed by atoms with Crippen LogP contribution < -0.4 is 10.6 Å². The Bertz CT molecular complexity index is 469. The first-order valence-corrected chi connectivity index (χ1v) is 5.57. The number of carbonyl (C=O) groups excluding carboxylic acids is 1. The third-order valence-electron chi connectivity index (χ3n) is 2.39. The fourth-order valence-corrected chi connectivity index (χ4v) is 1.93. The van der Waals surface area contributed by atoms with Crippen molar-refractivity contribution in [2.24, 2.45) is 4.99 Å². The number of carbonyl (C=O) groups is 1.